The predicted molar refractivity (Wildman–Crippen MR) is 52.8 cm³/mol. The average Bonchev–Trinajstić information content (AvgIpc) is 2.06. The Morgan fingerprint density at radius 1 is 1.77 bits per heavy atom. The number of aromatic nitrogens is 1. The van der Waals surface area contributed by atoms with Crippen molar-refractivity contribution < 1.29 is 9.84 Å². The van der Waals surface area contributed by atoms with Crippen LogP contribution < -0.4 is 5.73 Å². The Labute approximate surface area is 84.9 Å². The lowest BCUT2D eigenvalue weighted by Crippen LogP contribution is -2.08. The van der Waals surface area contributed by atoms with Crippen molar-refractivity contribution in [2.45, 2.75) is 19.8 Å². The lowest BCUT2D eigenvalue weighted by atomic mass is 10.3. The standard InChI is InChI=1S/C8H11BrN2O2/c1-5(12)13-4-6-2-7(9)3-11-8(6)10/h2-3,5,12H,4H2,1H3,(H2,10,11). The highest BCUT2D eigenvalue weighted by Crippen LogP contribution is 2.16. The second-order valence-corrected chi connectivity index (χ2v) is 3.52. The number of aliphatic hydroxyl groups excluding tert-OH is 1. The summed E-state index contributed by atoms with van der Waals surface area (Å²) in [4.78, 5) is 3.93. The van der Waals surface area contributed by atoms with E-state index in [9.17, 15) is 0 Å². The number of rotatable bonds is 3. The highest BCUT2D eigenvalue weighted by Gasteiger charge is 2.03. The summed E-state index contributed by atoms with van der Waals surface area (Å²) in [5, 5.41) is 8.88. The Hall–Kier alpha value is -0.650. The number of nitrogens with zero attached hydrogens (tertiary/aromatic N) is 1. The Bertz CT molecular complexity index is 291. The molecule has 0 saturated heterocycles. The highest BCUT2D eigenvalue weighted by atomic mass is 79.9. The quantitative estimate of drug-likeness (QED) is 0.789. The summed E-state index contributed by atoms with van der Waals surface area (Å²) in [7, 11) is 0. The van der Waals surface area contributed by atoms with Crippen LogP contribution in [0.4, 0.5) is 5.82 Å². The minimum absolute atomic E-state index is 0.260. The minimum Gasteiger partial charge on any atom is -0.383 e. The topological polar surface area (TPSA) is 68.4 Å². The molecule has 72 valence electrons. The van der Waals surface area contributed by atoms with E-state index in [2.05, 4.69) is 20.9 Å². The molecule has 0 saturated carbocycles. The van der Waals surface area contributed by atoms with E-state index in [4.69, 9.17) is 15.6 Å². The molecule has 1 atom stereocenters. The van der Waals surface area contributed by atoms with Gasteiger partial charge in [0.05, 0.1) is 6.61 Å². The number of hydrogen-bond acceptors (Lipinski definition) is 4. The van der Waals surface area contributed by atoms with Gasteiger partial charge in [-0.25, -0.2) is 4.98 Å². The fourth-order valence-electron chi connectivity index (χ4n) is 0.818. The molecular weight excluding hydrogens is 236 g/mol. The van der Waals surface area contributed by atoms with Crippen LogP contribution >= 0.6 is 15.9 Å². The largest absolute Gasteiger partial charge is 0.383 e. The van der Waals surface area contributed by atoms with Gasteiger partial charge in [0.15, 0.2) is 6.29 Å². The highest BCUT2D eigenvalue weighted by molar-refractivity contribution is 9.10. The molecule has 0 aromatic carbocycles. The zero-order chi connectivity index (χ0) is 9.84. The van der Waals surface area contributed by atoms with Gasteiger partial charge in [0.25, 0.3) is 0 Å². The predicted octanol–water partition coefficient (Wildman–Crippen LogP) is 1.28. The maximum Gasteiger partial charge on any atom is 0.152 e. The Balaban J connectivity index is 2.70. The molecular formula is C8H11BrN2O2. The Morgan fingerprint density at radius 2 is 2.46 bits per heavy atom. The summed E-state index contributed by atoms with van der Waals surface area (Å²) < 4.78 is 5.82. The third kappa shape index (κ3) is 3.30. The van der Waals surface area contributed by atoms with Crippen molar-refractivity contribution in [3.63, 3.8) is 0 Å². The van der Waals surface area contributed by atoms with Crippen LogP contribution in [-0.2, 0) is 11.3 Å². The van der Waals surface area contributed by atoms with Gasteiger partial charge in [-0.15, -0.1) is 0 Å². The molecule has 1 unspecified atom stereocenters. The van der Waals surface area contributed by atoms with E-state index in [0.29, 0.717) is 5.82 Å². The van der Waals surface area contributed by atoms with Gasteiger partial charge in [0, 0.05) is 16.2 Å². The van der Waals surface area contributed by atoms with Gasteiger partial charge in [-0.05, 0) is 28.9 Å². The van der Waals surface area contributed by atoms with E-state index in [-0.39, 0.29) is 6.61 Å². The molecule has 0 bridgehead atoms. The number of aliphatic hydroxyl groups is 1. The summed E-state index contributed by atoms with van der Waals surface area (Å²) in [6, 6.07) is 1.81. The molecule has 0 aliphatic rings. The van der Waals surface area contributed by atoms with Crippen LogP contribution in [0.3, 0.4) is 0 Å². The molecule has 5 heteroatoms. The van der Waals surface area contributed by atoms with Gasteiger partial charge >= 0.3 is 0 Å². The fourth-order valence-corrected chi connectivity index (χ4v) is 1.20. The van der Waals surface area contributed by atoms with Gasteiger partial charge in [-0.2, -0.15) is 0 Å². The summed E-state index contributed by atoms with van der Waals surface area (Å²) in [6.45, 7) is 1.80. The number of halogens is 1. The van der Waals surface area contributed by atoms with Crippen molar-refractivity contribution >= 4 is 21.7 Å². The van der Waals surface area contributed by atoms with E-state index in [0.717, 1.165) is 10.0 Å². The molecule has 4 nitrogen and oxygen atoms in total. The number of anilines is 1. The molecule has 3 N–H and O–H groups in total. The van der Waals surface area contributed by atoms with Crippen molar-refractivity contribution in [3.8, 4) is 0 Å². The van der Waals surface area contributed by atoms with Crippen LogP contribution in [0.25, 0.3) is 0 Å². The first-order valence-electron chi connectivity index (χ1n) is 3.79. The maximum atomic E-state index is 8.88. The van der Waals surface area contributed by atoms with Gasteiger partial charge in [-0.3, -0.25) is 0 Å². The number of pyridine rings is 1. The first-order chi connectivity index (χ1) is 6.09. The van der Waals surface area contributed by atoms with E-state index in [1.165, 1.54) is 0 Å². The lowest BCUT2D eigenvalue weighted by molar-refractivity contribution is -0.0938. The summed E-state index contributed by atoms with van der Waals surface area (Å²) in [6.07, 6.45) is 0.819. The summed E-state index contributed by atoms with van der Waals surface area (Å²) in [5.74, 6) is 0.420. The van der Waals surface area contributed by atoms with Gasteiger partial charge < -0.3 is 15.6 Å². The maximum absolute atomic E-state index is 8.88. The zero-order valence-corrected chi connectivity index (χ0v) is 8.78. The molecule has 0 fully saturated rings. The summed E-state index contributed by atoms with van der Waals surface area (Å²) >= 11 is 3.27. The van der Waals surface area contributed by atoms with Crippen LogP contribution in [0, 0.1) is 0 Å². The Morgan fingerprint density at radius 3 is 3.08 bits per heavy atom. The number of hydrogen-bond donors (Lipinski definition) is 2. The van der Waals surface area contributed by atoms with Gasteiger partial charge in [-0.1, -0.05) is 0 Å². The van der Waals surface area contributed by atoms with Gasteiger partial charge in [0.2, 0.25) is 0 Å². The molecule has 0 spiro atoms. The minimum atomic E-state index is -0.793. The molecule has 0 aliphatic heterocycles. The number of nitrogen functional groups attached to an aromatic ring is 1. The first kappa shape index (κ1) is 10.4. The molecule has 0 aliphatic carbocycles. The van der Waals surface area contributed by atoms with E-state index < -0.39 is 6.29 Å². The summed E-state index contributed by atoms with van der Waals surface area (Å²) in [5.41, 5.74) is 6.34. The molecule has 13 heavy (non-hydrogen) atoms. The molecule has 1 rings (SSSR count). The van der Waals surface area contributed by atoms with Crippen LogP contribution in [0.2, 0.25) is 0 Å². The van der Waals surface area contributed by atoms with E-state index >= 15 is 0 Å². The van der Waals surface area contributed by atoms with Crippen molar-refractivity contribution in [2.75, 3.05) is 5.73 Å². The van der Waals surface area contributed by atoms with E-state index in [1.54, 1.807) is 13.1 Å². The van der Waals surface area contributed by atoms with E-state index in [1.807, 2.05) is 6.07 Å². The number of ether oxygens (including phenoxy) is 1. The third-order valence-corrected chi connectivity index (χ3v) is 1.88. The Kier molecular flexibility index (Phi) is 3.65. The monoisotopic (exact) mass is 246 g/mol. The zero-order valence-electron chi connectivity index (χ0n) is 7.20. The van der Waals surface area contributed by atoms with Crippen LogP contribution in [0.1, 0.15) is 12.5 Å². The smallest absolute Gasteiger partial charge is 0.152 e. The normalized spacial score (nSPS) is 12.8. The van der Waals surface area contributed by atoms with Crippen molar-refractivity contribution in [1.82, 2.24) is 4.98 Å². The second-order valence-electron chi connectivity index (χ2n) is 2.61. The molecule has 1 aromatic rings. The SMILES string of the molecule is CC(O)OCc1cc(Br)cnc1N. The van der Waals surface area contributed by atoms with Gasteiger partial charge in [0.1, 0.15) is 5.82 Å². The second kappa shape index (κ2) is 4.55. The average molecular weight is 247 g/mol. The number of nitrogens with two attached hydrogens (primary N) is 1. The molecule has 1 aromatic heterocycles. The molecule has 1 heterocycles. The van der Waals surface area contributed by atoms with Crippen molar-refractivity contribution in [1.29, 1.82) is 0 Å². The van der Waals surface area contributed by atoms with Crippen molar-refractivity contribution in [3.05, 3.63) is 22.3 Å². The molecule has 0 amide bonds. The lowest BCUT2D eigenvalue weighted by Gasteiger charge is -2.08. The first-order valence-corrected chi connectivity index (χ1v) is 4.58. The van der Waals surface area contributed by atoms with Crippen molar-refractivity contribution in [2.24, 2.45) is 0 Å². The van der Waals surface area contributed by atoms with Crippen LogP contribution in [-0.4, -0.2) is 16.4 Å². The third-order valence-electron chi connectivity index (χ3n) is 1.45. The van der Waals surface area contributed by atoms with Crippen LogP contribution in [0.5, 0.6) is 0 Å². The van der Waals surface area contributed by atoms with Crippen LogP contribution in [0.15, 0.2) is 16.7 Å². The fraction of sp³-hybridized carbons (Fsp3) is 0.375. The molecule has 0 radical (unpaired) electrons.